The number of carbonyl (C=O) groups is 1. The maximum Gasteiger partial charge on any atom is 0.255 e. The minimum atomic E-state index is -4.40. The largest absolute Gasteiger partial charge is 0.391 e. The summed E-state index contributed by atoms with van der Waals surface area (Å²) in [6, 6.07) is 6.32. The van der Waals surface area contributed by atoms with Crippen molar-refractivity contribution in [1.29, 1.82) is 0 Å². The molecular formula is C20H20ClF3N2O4S. The summed E-state index contributed by atoms with van der Waals surface area (Å²) >= 11 is 5.68. The van der Waals surface area contributed by atoms with Gasteiger partial charge in [0.25, 0.3) is 5.91 Å². The number of halogens is 4. The number of nitrogens with zero attached hydrogens (tertiary/aromatic N) is 1. The molecule has 2 aromatic rings. The number of carbonyl (C=O) groups excluding carboxylic acids is 1. The highest BCUT2D eigenvalue weighted by molar-refractivity contribution is 7.89. The van der Waals surface area contributed by atoms with Crippen LogP contribution in [0.3, 0.4) is 0 Å². The second-order valence-corrected chi connectivity index (χ2v) is 9.53. The van der Waals surface area contributed by atoms with Gasteiger partial charge in [-0.05, 0) is 49.2 Å². The molecule has 0 radical (unpaired) electrons. The Morgan fingerprint density at radius 1 is 1.19 bits per heavy atom. The number of aliphatic hydroxyl groups is 1. The smallest absolute Gasteiger partial charge is 0.255 e. The lowest BCUT2D eigenvalue weighted by molar-refractivity contribution is 0.0830. The van der Waals surface area contributed by atoms with E-state index in [0.29, 0.717) is 12.8 Å². The Morgan fingerprint density at radius 3 is 2.58 bits per heavy atom. The van der Waals surface area contributed by atoms with Gasteiger partial charge in [0.2, 0.25) is 10.0 Å². The summed E-state index contributed by atoms with van der Waals surface area (Å²) in [5, 5.41) is 12.3. The number of sulfonamides is 1. The van der Waals surface area contributed by atoms with Crippen LogP contribution in [0.4, 0.5) is 18.9 Å². The number of hydrogen-bond donors (Lipinski definition) is 2. The Morgan fingerprint density at radius 2 is 1.90 bits per heavy atom. The first-order chi connectivity index (χ1) is 14.6. The molecule has 1 amide bonds. The fourth-order valence-corrected chi connectivity index (χ4v) is 5.10. The van der Waals surface area contributed by atoms with Gasteiger partial charge in [0.05, 0.1) is 17.8 Å². The molecule has 0 saturated carbocycles. The zero-order valence-corrected chi connectivity index (χ0v) is 17.8. The molecule has 3 rings (SSSR count). The van der Waals surface area contributed by atoms with E-state index in [2.05, 4.69) is 5.32 Å². The number of nitrogens with one attached hydrogen (secondary N) is 1. The minimum Gasteiger partial charge on any atom is -0.391 e. The molecule has 0 spiro atoms. The van der Waals surface area contributed by atoms with Crippen molar-refractivity contribution in [3.63, 3.8) is 0 Å². The van der Waals surface area contributed by atoms with Gasteiger partial charge in [0.15, 0.2) is 0 Å². The molecule has 1 aliphatic heterocycles. The third-order valence-electron chi connectivity index (χ3n) is 5.10. The Balaban J connectivity index is 1.87. The Labute approximate surface area is 182 Å². The average molecular weight is 477 g/mol. The predicted molar refractivity (Wildman–Crippen MR) is 109 cm³/mol. The molecule has 1 heterocycles. The highest BCUT2D eigenvalue weighted by Crippen LogP contribution is 2.27. The van der Waals surface area contributed by atoms with Crippen molar-refractivity contribution in [1.82, 2.24) is 4.31 Å². The first-order valence-electron chi connectivity index (χ1n) is 9.43. The third-order valence-corrected chi connectivity index (χ3v) is 7.27. The molecule has 1 saturated heterocycles. The van der Waals surface area contributed by atoms with Crippen LogP contribution in [0.1, 0.15) is 23.2 Å². The Hall–Kier alpha value is -2.14. The molecule has 2 aromatic carbocycles. The van der Waals surface area contributed by atoms with Crippen LogP contribution in [0.25, 0.3) is 0 Å². The van der Waals surface area contributed by atoms with Gasteiger partial charge >= 0.3 is 0 Å². The van der Waals surface area contributed by atoms with Crippen LogP contribution < -0.4 is 5.32 Å². The quantitative estimate of drug-likeness (QED) is 0.690. The van der Waals surface area contributed by atoms with Crippen LogP contribution in [0.2, 0.25) is 5.02 Å². The van der Waals surface area contributed by atoms with Crippen LogP contribution >= 0.6 is 11.6 Å². The fourth-order valence-electron chi connectivity index (χ4n) is 3.33. The molecule has 2 atom stereocenters. The van der Waals surface area contributed by atoms with Crippen molar-refractivity contribution in [2.45, 2.75) is 23.8 Å². The first kappa shape index (κ1) is 23.5. The number of β-amino-alcohol motifs (C(OH)–C–C–N with tert-alkyl or cyclic N) is 1. The minimum absolute atomic E-state index is 0.0141. The number of alkyl halides is 1. The molecule has 31 heavy (non-hydrogen) atoms. The topological polar surface area (TPSA) is 86.7 Å². The summed E-state index contributed by atoms with van der Waals surface area (Å²) in [6.45, 7) is -1.17. The SMILES string of the molecule is O=C(Nc1ccc(F)c(Cl)c1)c1ccc(F)c(S(=O)(=O)N2CCCC(CF)[C@@H](O)C2)c1. The molecule has 0 bridgehead atoms. The van der Waals surface area contributed by atoms with Gasteiger partial charge in [-0.15, -0.1) is 0 Å². The number of aliphatic hydroxyl groups excluding tert-OH is 1. The van der Waals surface area contributed by atoms with Gasteiger partial charge in [-0.25, -0.2) is 17.2 Å². The summed E-state index contributed by atoms with van der Waals surface area (Å²) in [5.41, 5.74) is 0.00969. The van der Waals surface area contributed by atoms with Gasteiger partial charge in [0, 0.05) is 30.3 Å². The first-order valence-corrected chi connectivity index (χ1v) is 11.3. The molecule has 1 unspecified atom stereocenters. The molecule has 2 N–H and O–H groups in total. The van der Waals surface area contributed by atoms with Crippen LogP contribution in [0.15, 0.2) is 41.3 Å². The van der Waals surface area contributed by atoms with Gasteiger partial charge in [0.1, 0.15) is 16.5 Å². The van der Waals surface area contributed by atoms with Crippen LogP contribution in [0.5, 0.6) is 0 Å². The lowest BCUT2D eigenvalue weighted by Crippen LogP contribution is -2.39. The van der Waals surface area contributed by atoms with Gasteiger partial charge in [-0.2, -0.15) is 4.31 Å². The second-order valence-electron chi connectivity index (χ2n) is 7.22. The number of rotatable bonds is 5. The zero-order valence-electron chi connectivity index (χ0n) is 16.2. The van der Waals surface area contributed by atoms with Crippen molar-refractivity contribution in [2.24, 2.45) is 5.92 Å². The van der Waals surface area contributed by atoms with E-state index in [-0.39, 0.29) is 29.4 Å². The molecule has 6 nitrogen and oxygen atoms in total. The highest BCUT2D eigenvalue weighted by atomic mass is 35.5. The van der Waals surface area contributed by atoms with Gasteiger partial charge in [-0.3, -0.25) is 9.18 Å². The van der Waals surface area contributed by atoms with Crippen molar-refractivity contribution >= 4 is 33.2 Å². The molecular weight excluding hydrogens is 457 g/mol. The summed E-state index contributed by atoms with van der Waals surface area (Å²) < 4.78 is 67.6. The number of benzene rings is 2. The molecule has 168 valence electrons. The predicted octanol–water partition coefficient (Wildman–Crippen LogP) is 3.60. The Kier molecular flexibility index (Phi) is 7.25. The van der Waals surface area contributed by atoms with Crippen LogP contribution in [-0.4, -0.2) is 49.6 Å². The molecule has 0 aromatic heterocycles. The van der Waals surface area contributed by atoms with E-state index >= 15 is 0 Å². The standard InChI is InChI=1S/C20H20ClF3N2O4S/c21-15-9-14(4-6-16(15)23)25-20(28)12-3-5-17(24)19(8-12)31(29,30)26-7-1-2-13(10-22)18(27)11-26/h3-6,8-9,13,18,27H,1-2,7,10-11H2,(H,25,28)/t13?,18-/m0/s1. The third kappa shape index (κ3) is 5.20. The van der Waals surface area contributed by atoms with E-state index in [1.54, 1.807) is 0 Å². The van der Waals surface area contributed by atoms with Crippen molar-refractivity contribution in [3.05, 3.63) is 58.6 Å². The summed E-state index contributed by atoms with van der Waals surface area (Å²) in [6.07, 6.45) is -0.618. The van der Waals surface area contributed by atoms with Crippen LogP contribution in [0, 0.1) is 17.6 Å². The lowest BCUT2D eigenvalue weighted by Gasteiger charge is -2.23. The summed E-state index contributed by atoms with van der Waals surface area (Å²) in [7, 11) is -4.40. The van der Waals surface area contributed by atoms with E-state index in [1.165, 1.54) is 12.1 Å². The van der Waals surface area contributed by atoms with E-state index < -0.39 is 51.2 Å². The molecule has 11 heteroatoms. The van der Waals surface area contributed by atoms with Crippen molar-refractivity contribution in [3.8, 4) is 0 Å². The van der Waals surface area contributed by atoms with E-state index in [4.69, 9.17) is 11.6 Å². The molecule has 1 aliphatic rings. The summed E-state index contributed by atoms with van der Waals surface area (Å²) in [5.74, 6) is -3.19. The van der Waals surface area contributed by atoms with E-state index in [0.717, 1.165) is 28.6 Å². The number of amides is 1. The van der Waals surface area contributed by atoms with Crippen molar-refractivity contribution < 1.29 is 31.5 Å². The number of hydrogen-bond acceptors (Lipinski definition) is 4. The van der Waals surface area contributed by atoms with Gasteiger partial charge < -0.3 is 10.4 Å². The normalized spacial score (nSPS) is 20.3. The summed E-state index contributed by atoms with van der Waals surface area (Å²) in [4.78, 5) is 11.8. The van der Waals surface area contributed by atoms with E-state index in [9.17, 15) is 31.5 Å². The van der Waals surface area contributed by atoms with Crippen LogP contribution in [-0.2, 0) is 10.0 Å². The average Bonchev–Trinajstić information content (AvgIpc) is 2.92. The Bertz CT molecular complexity index is 1080. The highest BCUT2D eigenvalue weighted by Gasteiger charge is 2.34. The lowest BCUT2D eigenvalue weighted by atomic mass is 10.00. The maximum absolute atomic E-state index is 14.4. The number of anilines is 1. The fraction of sp³-hybridized carbons (Fsp3) is 0.350. The monoisotopic (exact) mass is 476 g/mol. The zero-order chi connectivity index (χ0) is 22.8. The maximum atomic E-state index is 14.4. The van der Waals surface area contributed by atoms with E-state index in [1.807, 2.05) is 0 Å². The molecule has 0 aliphatic carbocycles. The molecule has 1 fully saturated rings. The second kappa shape index (κ2) is 9.56. The van der Waals surface area contributed by atoms with Gasteiger partial charge in [-0.1, -0.05) is 11.6 Å². The van der Waals surface area contributed by atoms with Crippen molar-refractivity contribution in [2.75, 3.05) is 25.1 Å².